The van der Waals surface area contributed by atoms with Crippen molar-refractivity contribution in [3.05, 3.63) is 144 Å². The van der Waals surface area contributed by atoms with Gasteiger partial charge in [-0.25, -0.2) is 4.79 Å². The fourth-order valence-corrected chi connectivity index (χ4v) is 6.91. The van der Waals surface area contributed by atoms with E-state index in [1.165, 1.54) is 0 Å². The van der Waals surface area contributed by atoms with E-state index in [-0.39, 0.29) is 31.4 Å². The molecule has 0 fully saturated rings. The normalized spacial score (nSPS) is 13.9. The number of aliphatic carboxylic acids is 1. The Morgan fingerprint density at radius 2 is 0.895 bits per heavy atom. The molecule has 0 saturated carbocycles. The van der Waals surface area contributed by atoms with Gasteiger partial charge >= 0.3 is 5.97 Å². The largest absolute Gasteiger partial charge is 0.480 e. The number of amides is 4. The third-order valence-corrected chi connectivity index (χ3v) is 10.2. The number of carbonyl (C=O) groups excluding carboxylic acids is 4. The van der Waals surface area contributed by atoms with E-state index >= 15 is 0 Å². The quantitative estimate of drug-likeness (QED) is 0.0594. The van der Waals surface area contributed by atoms with Crippen LogP contribution >= 0.6 is 12.6 Å². The number of carboxylic acids is 1. The van der Waals surface area contributed by atoms with Crippen LogP contribution in [0.4, 0.5) is 0 Å². The Labute approximate surface area is 334 Å². The second-order valence-corrected chi connectivity index (χ2v) is 14.2. The van der Waals surface area contributed by atoms with Gasteiger partial charge in [0.05, 0.1) is 6.04 Å². The Balaban J connectivity index is 1.29. The van der Waals surface area contributed by atoms with Crippen molar-refractivity contribution < 1.29 is 29.1 Å². The smallest absolute Gasteiger partial charge is 0.326 e. The predicted octanol–water partition coefficient (Wildman–Crippen LogP) is 3.20. The number of carbonyl (C=O) groups is 5. The molecule has 6 aromatic rings. The number of nitrogens with one attached hydrogen (secondary N) is 6. The number of rotatable bonds is 18. The lowest BCUT2D eigenvalue weighted by molar-refractivity contribution is -0.142. The molecule has 2 heterocycles. The SMILES string of the molecule is N[C@@H](CS)C(=O)N[C@@H](Cc1c[nH]c2ccccc12)C(=O)N[C@@H](Cc1ccccc1)C(=O)N[C@@H](Cc1c[nH]c2ccccc12)C(=O)N[C@@H](Cc1ccccc1)C(=O)O. The van der Waals surface area contributed by atoms with Crippen LogP contribution in [0.3, 0.4) is 0 Å². The number of fused-ring (bicyclic) bond motifs is 2. The molecule has 0 unspecified atom stereocenters. The summed E-state index contributed by atoms with van der Waals surface area (Å²) in [5.74, 6) is -3.84. The van der Waals surface area contributed by atoms with Crippen molar-refractivity contribution in [2.45, 2.75) is 55.9 Å². The molecule has 0 saturated heterocycles. The molecule has 57 heavy (non-hydrogen) atoms. The molecule has 6 rings (SSSR count). The van der Waals surface area contributed by atoms with Crippen molar-refractivity contribution >= 4 is 64.0 Å². The van der Waals surface area contributed by atoms with Crippen LogP contribution in [0.2, 0.25) is 0 Å². The fourth-order valence-electron chi connectivity index (χ4n) is 6.75. The molecular weight excluding hydrogens is 743 g/mol. The van der Waals surface area contributed by atoms with Crippen molar-refractivity contribution in [3.8, 4) is 0 Å². The first kappa shape index (κ1) is 40.3. The molecule has 0 aliphatic carbocycles. The number of hydrogen-bond donors (Lipinski definition) is 9. The van der Waals surface area contributed by atoms with E-state index in [2.05, 4.69) is 43.9 Å². The minimum absolute atomic E-state index is 0.00608. The van der Waals surface area contributed by atoms with Crippen molar-refractivity contribution in [3.63, 3.8) is 0 Å². The number of para-hydroxylation sites is 2. The lowest BCUT2D eigenvalue weighted by Crippen LogP contribution is -2.59. The lowest BCUT2D eigenvalue weighted by atomic mass is 10.00. The average Bonchev–Trinajstić information content (AvgIpc) is 3.83. The summed E-state index contributed by atoms with van der Waals surface area (Å²) in [7, 11) is 0. The maximum atomic E-state index is 14.4. The summed E-state index contributed by atoms with van der Waals surface area (Å²) in [5.41, 5.74) is 10.5. The van der Waals surface area contributed by atoms with Gasteiger partial charge in [0.25, 0.3) is 0 Å². The third kappa shape index (κ3) is 10.5. The Bertz CT molecular complexity index is 2330. The van der Waals surface area contributed by atoms with Gasteiger partial charge in [0.2, 0.25) is 23.6 Å². The topological polar surface area (TPSA) is 211 Å². The highest BCUT2D eigenvalue weighted by Gasteiger charge is 2.33. The zero-order chi connectivity index (χ0) is 40.3. The molecule has 4 amide bonds. The van der Waals surface area contributed by atoms with Gasteiger partial charge in [-0.3, -0.25) is 19.2 Å². The minimum Gasteiger partial charge on any atom is -0.480 e. The molecule has 4 aromatic carbocycles. The van der Waals surface area contributed by atoms with E-state index in [1.54, 1.807) is 60.9 Å². The van der Waals surface area contributed by atoms with Crippen LogP contribution in [0.25, 0.3) is 21.8 Å². The second kappa shape index (κ2) is 19.0. The number of thiol groups is 1. The van der Waals surface area contributed by atoms with Crippen LogP contribution in [-0.2, 0) is 49.7 Å². The average molecular weight is 788 g/mol. The highest BCUT2D eigenvalue weighted by Crippen LogP contribution is 2.21. The van der Waals surface area contributed by atoms with E-state index in [1.807, 2.05) is 60.7 Å². The number of nitrogens with two attached hydrogens (primary N) is 1. The number of carboxylic acid groups (broad SMARTS) is 1. The van der Waals surface area contributed by atoms with Crippen LogP contribution in [0.5, 0.6) is 0 Å². The highest BCUT2D eigenvalue weighted by molar-refractivity contribution is 7.80. The lowest BCUT2D eigenvalue weighted by Gasteiger charge is -2.26. The van der Waals surface area contributed by atoms with Gasteiger partial charge < -0.3 is 42.1 Å². The van der Waals surface area contributed by atoms with Gasteiger partial charge in [-0.2, -0.15) is 12.6 Å². The van der Waals surface area contributed by atoms with Crippen molar-refractivity contribution in [1.82, 2.24) is 31.2 Å². The highest BCUT2D eigenvalue weighted by atomic mass is 32.1. The third-order valence-electron chi connectivity index (χ3n) is 9.81. The summed E-state index contributed by atoms with van der Waals surface area (Å²) >= 11 is 4.15. The van der Waals surface area contributed by atoms with Gasteiger partial charge in [-0.05, 0) is 34.4 Å². The summed E-state index contributed by atoms with van der Waals surface area (Å²) in [6.07, 6.45) is 3.64. The number of aromatic amines is 2. The summed E-state index contributed by atoms with van der Waals surface area (Å²) in [6.45, 7) is 0. The molecule has 0 radical (unpaired) electrons. The van der Waals surface area contributed by atoms with Crippen molar-refractivity contribution in [2.24, 2.45) is 5.73 Å². The van der Waals surface area contributed by atoms with Crippen LogP contribution in [-0.4, -0.2) is 80.6 Å². The summed E-state index contributed by atoms with van der Waals surface area (Å²) in [4.78, 5) is 74.6. The van der Waals surface area contributed by atoms with Crippen LogP contribution in [0.15, 0.2) is 122 Å². The fraction of sp³-hybridized carbons (Fsp3) is 0.233. The minimum atomic E-state index is -1.29. The van der Waals surface area contributed by atoms with Crippen LogP contribution < -0.4 is 27.0 Å². The number of aromatic nitrogens is 2. The Morgan fingerprint density at radius 3 is 1.33 bits per heavy atom. The second-order valence-electron chi connectivity index (χ2n) is 13.9. The van der Waals surface area contributed by atoms with Gasteiger partial charge in [-0.1, -0.05) is 97.1 Å². The standard InChI is InChI=1S/C43H45N7O6S/c44-32(25-57)39(51)47-36(21-28-23-45-33-17-9-7-15-30(28)33)41(53)48-35(19-26-11-3-1-4-12-26)40(52)49-37(22-29-24-46-34-18-10-8-16-31(29)34)42(54)50-38(43(55)56)20-27-13-5-2-6-14-27/h1-18,23-24,32,35-38,45-46,57H,19-22,25,44H2,(H,47,51)(H,48,53)(H,49,52)(H,50,54)(H,55,56)/t32-,35-,36-,37-,38-/m0/s1. The number of benzene rings is 4. The van der Waals surface area contributed by atoms with Gasteiger partial charge in [0.1, 0.15) is 24.2 Å². The molecule has 0 spiro atoms. The molecule has 0 bridgehead atoms. The van der Waals surface area contributed by atoms with E-state index in [9.17, 15) is 29.1 Å². The van der Waals surface area contributed by atoms with E-state index < -0.39 is 59.8 Å². The zero-order valence-electron chi connectivity index (χ0n) is 31.0. The molecular formula is C43H45N7O6S. The summed E-state index contributed by atoms with van der Waals surface area (Å²) in [6, 6.07) is 27.1. The monoisotopic (exact) mass is 787 g/mol. The van der Waals surface area contributed by atoms with Crippen molar-refractivity contribution in [2.75, 3.05) is 5.75 Å². The van der Waals surface area contributed by atoms with E-state index in [0.717, 1.165) is 32.9 Å². The van der Waals surface area contributed by atoms with Crippen LogP contribution in [0, 0.1) is 0 Å². The Hall–Kier alpha value is -6.38. The zero-order valence-corrected chi connectivity index (χ0v) is 31.9. The number of hydrogen-bond acceptors (Lipinski definition) is 7. The van der Waals surface area contributed by atoms with Crippen LogP contribution in [0.1, 0.15) is 22.3 Å². The molecule has 0 aliphatic heterocycles. The molecule has 0 aliphatic rings. The first-order valence-electron chi connectivity index (χ1n) is 18.6. The Kier molecular flexibility index (Phi) is 13.4. The van der Waals surface area contributed by atoms with E-state index in [0.29, 0.717) is 11.1 Å². The molecule has 9 N–H and O–H groups in total. The summed E-state index contributed by atoms with van der Waals surface area (Å²) in [5, 5.41) is 22.9. The van der Waals surface area contributed by atoms with Gasteiger partial charge in [0, 0.05) is 65.6 Å². The molecule has 13 nitrogen and oxygen atoms in total. The maximum Gasteiger partial charge on any atom is 0.326 e. The van der Waals surface area contributed by atoms with Gasteiger partial charge in [-0.15, -0.1) is 0 Å². The first-order valence-corrected chi connectivity index (χ1v) is 19.2. The maximum absolute atomic E-state index is 14.4. The predicted molar refractivity (Wildman–Crippen MR) is 221 cm³/mol. The molecule has 2 aromatic heterocycles. The molecule has 294 valence electrons. The van der Waals surface area contributed by atoms with Crippen molar-refractivity contribution in [1.29, 1.82) is 0 Å². The van der Waals surface area contributed by atoms with Gasteiger partial charge in [0.15, 0.2) is 0 Å². The number of H-pyrrole nitrogens is 2. The first-order chi connectivity index (χ1) is 27.6. The summed E-state index contributed by atoms with van der Waals surface area (Å²) < 4.78 is 0. The molecule has 14 heteroatoms. The Morgan fingerprint density at radius 1 is 0.526 bits per heavy atom. The molecule has 5 atom stereocenters. The van der Waals surface area contributed by atoms with E-state index in [4.69, 9.17) is 5.73 Å².